The molecule has 0 amide bonds. The van der Waals surface area contributed by atoms with Crippen LogP contribution in [0.5, 0.6) is 0 Å². The summed E-state index contributed by atoms with van der Waals surface area (Å²) in [5.74, 6) is 0.541. The average molecular weight is 195 g/mol. The molecule has 0 saturated heterocycles. The number of nitriles is 1. The molecule has 1 N–H and O–H groups in total. The van der Waals surface area contributed by atoms with E-state index in [0.29, 0.717) is 5.92 Å². The lowest BCUT2D eigenvalue weighted by molar-refractivity contribution is 0.637. The fourth-order valence-electron chi connectivity index (χ4n) is 1.07. The fourth-order valence-corrected chi connectivity index (χ4v) is 1.81. The van der Waals surface area contributed by atoms with Crippen molar-refractivity contribution in [2.24, 2.45) is 5.92 Å². The van der Waals surface area contributed by atoms with E-state index in [4.69, 9.17) is 5.26 Å². The van der Waals surface area contributed by atoms with Gasteiger partial charge in [0.2, 0.25) is 0 Å². The molecular weight excluding hydrogens is 182 g/mol. The first-order chi connectivity index (χ1) is 6.17. The molecule has 1 rings (SSSR count). The van der Waals surface area contributed by atoms with Gasteiger partial charge in [-0.15, -0.1) is 0 Å². The maximum atomic E-state index is 8.83. The summed E-state index contributed by atoms with van der Waals surface area (Å²) in [5, 5.41) is 12.6. The first-order valence-corrected chi connectivity index (χ1v) is 5.06. The third-order valence-corrected chi connectivity index (χ3v) is 2.63. The second-order valence-electron chi connectivity index (χ2n) is 3.25. The van der Waals surface area contributed by atoms with E-state index in [2.05, 4.69) is 30.2 Å². The maximum absolute atomic E-state index is 8.83. The molecule has 1 heterocycles. The van der Waals surface area contributed by atoms with Crippen LogP contribution in [-0.2, 0) is 6.42 Å². The molecule has 0 aliphatic rings. The molecule has 0 spiro atoms. The van der Waals surface area contributed by atoms with E-state index in [1.807, 2.05) is 7.05 Å². The summed E-state index contributed by atoms with van der Waals surface area (Å²) < 4.78 is 0. The second kappa shape index (κ2) is 4.24. The minimum Gasteiger partial charge on any atom is -0.365 e. The average Bonchev–Trinajstić information content (AvgIpc) is 2.46. The van der Waals surface area contributed by atoms with Gasteiger partial charge in [-0.3, -0.25) is 0 Å². The van der Waals surface area contributed by atoms with Gasteiger partial charge in [0, 0.05) is 7.05 Å². The first kappa shape index (κ1) is 10.0. The third-order valence-electron chi connectivity index (χ3n) is 1.61. The van der Waals surface area contributed by atoms with E-state index < -0.39 is 0 Å². The highest BCUT2D eigenvalue weighted by atomic mass is 32.1. The van der Waals surface area contributed by atoms with Gasteiger partial charge in [-0.1, -0.05) is 25.2 Å². The van der Waals surface area contributed by atoms with E-state index >= 15 is 0 Å². The summed E-state index contributed by atoms with van der Waals surface area (Å²) in [6.45, 7) is 4.25. The van der Waals surface area contributed by atoms with Crippen molar-refractivity contribution in [1.29, 1.82) is 5.26 Å². The van der Waals surface area contributed by atoms with Crippen LogP contribution in [0, 0.1) is 17.2 Å². The normalized spacial score (nSPS) is 10.1. The Morgan fingerprint density at radius 1 is 1.62 bits per heavy atom. The summed E-state index contributed by atoms with van der Waals surface area (Å²) in [6.07, 6.45) is 0.876. The Labute approximate surface area is 82.4 Å². The molecular formula is C9H13N3S. The number of thiazole rings is 1. The molecule has 3 nitrogen and oxygen atoms in total. The molecule has 0 aliphatic carbocycles. The second-order valence-corrected chi connectivity index (χ2v) is 4.25. The third kappa shape index (κ3) is 2.43. The van der Waals surface area contributed by atoms with Crippen LogP contribution in [0.4, 0.5) is 5.13 Å². The van der Waals surface area contributed by atoms with Gasteiger partial charge in [0.1, 0.15) is 10.9 Å². The lowest BCUT2D eigenvalue weighted by atomic mass is 10.1. The van der Waals surface area contributed by atoms with Crippen LogP contribution in [0.2, 0.25) is 0 Å². The van der Waals surface area contributed by atoms with Crippen LogP contribution >= 0.6 is 11.3 Å². The van der Waals surface area contributed by atoms with E-state index in [1.54, 1.807) is 0 Å². The van der Waals surface area contributed by atoms with Crippen LogP contribution in [0.3, 0.4) is 0 Å². The van der Waals surface area contributed by atoms with Crippen LogP contribution in [0.15, 0.2) is 0 Å². The van der Waals surface area contributed by atoms with Crippen molar-refractivity contribution in [3.05, 3.63) is 10.6 Å². The molecule has 0 bridgehead atoms. The lowest BCUT2D eigenvalue weighted by Gasteiger charge is -1.99. The standard InChI is InChI=1S/C9H13N3S/c1-6(2)4-7-8(5-10)13-9(11-3)12-7/h6H,4H2,1-3H3,(H,11,12). The zero-order valence-electron chi connectivity index (χ0n) is 8.09. The Bertz CT molecular complexity index is 322. The van der Waals surface area contributed by atoms with E-state index in [9.17, 15) is 0 Å². The largest absolute Gasteiger partial charge is 0.365 e. The number of nitrogens with zero attached hydrogens (tertiary/aromatic N) is 2. The Morgan fingerprint density at radius 2 is 2.31 bits per heavy atom. The zero-order chi connectivity index (χ0) is 9.84. The molecule has 0 radical (unpaired) electrons. The molecule has 13 heavy (non-hydrogen) atoms. The van der Waals surface area contributed by atoms with E-state index in [-0.39, 0.29) is 0 Å². The quantitative estimate of drug-likeness (QED) is 0.804. The fraction of sp³-hybridized carbons (Fsp3) is 0.556. The Hall–Kier alpha value is -1.08. The monoisotopic (exact) mass is 195 g/mol. The minimum absolute atomic E-state index is 0.541. The minimum atomic E-state index is 0.541. The molecule has 0 aromatic carbocycles. The predicted molar refractivity (Wildman–Crippen MR) is 54.9 cm³/mol. The van der Waals surface area contributed by atoms with Gasteiger partial charge in [-0.05, 0) is 12.3 Å². The molecule has 4 heteroatoms. The Kier molecular flexibility index (Phi) is 3.26. The lowest BCUT2D eigenvalue weighted by Crippen LogP contribution is -1.96. The zero-order valence-corrected chi connectivity index (χ0v) is 8.90. The Morgan fingerprint density at radius 3 is 2.77 bits per heavy atom. The Balaban J connectivity index is 2.92. The van der Waals surface area contributed by atoms with E-state index in [1.165, 1.54) is 11.3 Å². The first-order valence-electron chi connectivity index (χ1n) is 4.25. The molecule has 1 aromatic rings. The number of aromatic nitrogens is 1. The van der Waals surface area contributed by atoms with Crippen molar-refractivity contribution in [2.75, 3.05) is 12.4 Å². The summed E-state index contributed by atoms with van der Waals surface area (Å²) in [7, 11) is 1.82. The van der Waals surface area contributed by atoms with Crippen molar-refractivity contribution in [1.82, 2.24) is 4.98 Å². The molecule has 0 atom stereocenters. The highest BCUT2D eigenvalue weighted by molar-refractivity contribution is 7.16. The van der Waals surface area contributed by atoms with Crippen LogP contribution in [0.25, 0.3) is 0 Å². The van der Waals surface area contributed by atoms with Gasteiger partial charge < -0.3 is 5.32 Å². The van der Waals surface area contributed by atoms with Crippen LogP contribution < -0.4 is 5.32 Å². The highest BCUT2D eigenvalue weighted by Crippen LogP contribution is 2.23. The van der Waals surface area contributed by atoms with Crippen molar-refractivity contribution in [3.8, 4) is 6.07 Å². The molecule has 0 unspecified atom stereocenters. The van der Waals surface area contributed by atoms with Gasteiger partial charge in [0.25, 0.3) is 0 Å². The molecule has 0 aliphatic heterocycles. The van der Waals surface area contributed by atoms with Crippen molar-refractivity contribution >= 4 is 16.5 Å². The number of anilines is 1. The smallest absolute Gasteiger partial charge is 0.183 e. The van der Waals surface area contributed by atoms with Crippen molar-refractivity contribution in [2.45, 2.75) is 20.3 Å². The van der Waals surface area contributed by atoms with Gasteiger partial charge >= 0.3 is 0 Å². The van der Waals surface area contributed by atoms with Gasteiger partial charge in [-0.25, -0.2) is 4.98 Å². The number of nitrogens with one attached hydrogen (secondary N) is 1. The van der Waals surface area contributed by atoms with Gasteiger partial charge in [0.05, 0.1) is 5.69 Å². The van der Waals surface area contributed by atoms with Crippen molar-refractivity contribution < 1.29 is 0 Å². The summed E-state index contributed by atoms with van der Waals surface area (Å²) in [6, 6.07) is 2.17. The number of hydrogen-bond acceptors (Lipinski definition) is 4. The highest BCUT2D eigenvalue weighted by Gasteiger charge is 2.10. The summed E-state index contributed by atoms with van der Waals surface area (Å²) >= 11 is 1.42. The molecule has 70 valence electrons. The van der Waals surface area contributed by atoms with Crippen LogP contribution in [-0.4, -0.2) is 12.0 Å². The topological polar surface area (TPSA) is 48.7 Å². The van der Waals surface area contributed by atoms with Crippen LogP contribution in [0.1, 0.15) is 24.4 Å². The summed E-state index contributed by atoms with van der Waals surface area (Å²) in [4.78, 5) is 5.06. The van der Waals surface area contributed by atoms with Gasteiger partial charge in [-0.2, -0.15) is 5.26 Å². The SMILES string of the molecule is CNc1nc(CC(C)C)c(C#N)s1. The molecule has 1 aromatic heterocycles. The summed E-state index contributed by atoms with van der Waals surface area (Å²) in [5.41, 5.74) is 0.923. The number of hydrogen-bond donors (Lipinski definition) is 1. The predicted octanol–water partition coefficient (Wildman–Crippen LogP) is 2.25. The molecule has 0 saturated carbocycles. The van der Waals surface area contributed by atoms with E-state index in [0.717, 1.165) is 22.1 Å². The molecule has 0 fully saturated rings. The maximum Gasteiger partial charge on any atom is 0.183 e. The number of rotatable bonds is 3. The van der Waals surface area contributed by atoms with Gasteiger partial charge in [0.15, 0.2) is 5.13 Å². The van der Waals surface area contributed by atoms with Crippen molar-refractivity contribution in [3.63, 3.8) is 0 Å².